The summed E-state index contributed by atoms with van der Waals surface area (Å²) < 4.78 is 38.4. The van der Waals surface area contributed by atoms with Gasteiger partial charge in [0, 0.05) is 33.4 Å². The Kier molecular flexibility index (Phi) is 8.88. The highest BCUT2D eigenvalue weighted by molar-refractivity contribution is 7.89. The van der Waals surface area contributed by atoms with Crippen LogP contribution >= 0.6 is 0 Å². The smallest absolute Gasteiger partial charge is 0.240 e. The zero-order valence-electron chi connectivity index (χ0n) is 17.8. The van der Waals surface area contributed by atoms with E-state index in [1.807, 2.05) is 20.8 Å². The van der Waals surface area contributed by atoms with Crippen molar-refractivity contribution in [3.05, 3.63) is 29.8 Å². The van der Waals surface area contributed by atoms with E-state index >= 15 is 0 Å². The summed E-state index contributed by atoms with van der Waals surface area (Å²) in [6.45, 7) is 8.80. The second-order valence-electron chi connectivity index (χ2n) is 7.64. The standard InChI is InChI=1S/C20H34N4O4S/c1-5-21-19(23-15-20(2,3)27-4)22-13-16-8-10-18(11-9-16)29(25,26)24-14-17-7-6-12-28-17/h8-11,17,24H,5-7,12-15H2,1-4H3,(H2,21,22,23). The van der Waals surface area contributed by atoms with Crippen molar-refractivity contribution in [2.75, 3.05) is 33.4 Å². The van der Waals surface area contributed by atoms with Crippen molar-refractivity contribution in [3.8, 4) is 0 Å². The Labute approximate surface area is 174 Å². The fraction of sp³-hybridized carbons (Fsp3) is 0.650. The number of rotatable bonds is 10. The molecule has 0 saturated carbocycles. The maximum absolute atomic E-state index is 12.4. The summed E-state index contributed by atoms with van der Waals surface area (Å²) in [5.74, 6) is 0.688. The summed E-state index contributed by atoms with van der Waals surface area (Å²) in [5, 5.41) is 6.45. The number of guanidine groups is 1. The van der Waals surface area contributed by atoms with E-state index in [4.69, 9.17) is 9.47 Å². The van der Waals surface area contributed by atoms with Gasteiger partial charge in [0.1, 0.15) is 0 Å². The van der Waals surface area contributed by atoms with Crippen LogP contribution in [0.5, 0.6) is 0 Å². The van der Waals surface area contributed by atoms with Crippen molar-refractivity contribution in [3.63, 3.8) is 0 Å². The van der Waals surface area contributed by atoms with Crippen LogP contribution < -0.4 is 15.4 Å². The number of aliphatic imine (C=N–C) groups is 1. The lowest BCUT2D eigenvalue weighted by Gasteiger charge is -2.24. The van der Waals surface area contributed by atoms with Crippen molar-refractivity contribution in [2.45, 2.75) is 56.8 Å². The van der Waals surface area contributed by atoms with Crippen LogP contribution in [-0.4, -0.2) is 59.4 Å². The molecule has 1 fully saturated rings. The number of nitrogens with zero attached hydrogens (tertiary/aromatic N) is 1. The van der Waals surface area contributed by atoms with Crippen molar-refractivity contribution < 1.29 is 17.9 Å². The number of benzene rings is 1. The van der Waals surface area contributed by atoms with Gasteiger partial charge in [-0.05, 0) is 51.3 Å². The lowest BCUT2D eigenvalue weighted by Crippen LogP contribution is -2.45. The summed E-state index contributed by atoms with van der Waals surface area (Å²) >= 11 is 0. The lowest BCUT2D eigenvalue weighted by molar-refractivity contribution is 0.0268. The lowest BCUT2D eigenvalue weighted by atomic mass is 10.1. The van der Waals surface area contributed by atoms with Gasteiger partial charge in [-0.15, -0.1) is 0 Å². The van der Waals surface area contributed by atoms with Crippen LogP contribution in [0, 0.1) is 0 Å². The first-order valence-electron chi connectivity index (χ1n) is 10.0. The second kappa shape index (κ2) is 10.9. The van der Waals surface area contributed by atoms with Crippen LogP contribution in [0.2, 0.25) is 0 Å². The molecule has 0 bridgehead atoms. The predicted octanol–water partition coefficient (Wildman–Crippen LogP) is 1.62. The van der Waals surface area contributed by atoms with E-state index in [1.165, 1.54) is 0 Å². The minimum Gasteiger partial charge on any atom is -0.377 e. The highest BCUT2D eigenvalue weighted by Gasteiger charge is 2.20. The Morgan fingerprint density at radius 1 is 1.28 bits per heavy atom. The van der Waals surface area contributed by atoms with E-state index < -0.39 is 10.0 Å². The third kappa shape index (κ3) is 7.93. The van der Waals surface area contributed by atoms with Gasteiger partial charge in [0.15, 0.2) is 5.96 Å². The summed E-state index contributed by atoms with van der Waals surface area (Å²) in [5.41, 5.74) is 0.620. The zero-order valence-corrected chi connectivity index (χ0v) is 18.6. The molecular weight excluding hydrogens is 392 g/mol. The number of hydrogen-bond acceptors (Lipinski definition) is 5. The molecule has 8 nitrogen and oxygen atoms in total. The highest BCUT2D eigenvalue weighted by Crippen LogP contribution is 2.14. The number of hydrogen-bond donors (Lipinski definition) is 3. The molecule has 0 spiro atoms. The Hall–Kier alpha value is -1.68. The van der Waals surface area contributed by atoms with Crippen LogP contribution in [0.1, 0.15) is 39.2 Å². The van der Waals surface area contributed by atoms with E-state index in [1.54, 1.807) is 31.4 Å². The first-order chi connectivity index (χ1) is 13.8. The monoisotopic (exact) mass is 426 g/mol. The molecule has 0 amide bonds. The van der Waals surface area contributed by atoms with Crippen LogP contribution in [0.3, 0.4) is 0 Å². The molecule has 1 heterocycles. The number of ether oxygens (including phenoxy) is 2. The molecule has 1 saturated heterocycles. The minimum atomic E-state index is -3.54. The molecule has 1 aliphatic heterocycles. The van der Waals surface area contributed by atoms with Gasteiger partial charge >= 0.3 is 0 Å². The van der Waals surface area contributed by atoms with Gasteiger partial charge in [-0.1, -0.05) is 12.1 Å². The second-order valence-corrected chi connectivity index (χ2v) is 9.41. The molecule has 0 aliphatic carbocycles. The molecule has 1 unspecified atom stereocenters. The minimum absolute atomic E-state index is 0.0292. The van der Waals surface area contributed by atoms with Crippen molar-refractivity contribution in [2.24, 2.45) is 4.99 Å². The molecule has 0 radical (unpaired) electrons. The van der Waals surface area contributed by atoms with E-state index in [0.717, 1.165) is 24.9 Å². The van der Waals surface area contributed by atoms with Crippen molar-refractivity contribution in [1.82, 2.24) is 15.4 Å². The fourth-order valence-corrected chi connectivity index (χ4v) is 3.81. The third-order valence-electron chi connectivity index (χ3n) is 4.76. The van der Waals surface area contributed by atoms with Crippen LogP contribution in [0.4, 0.5) is 0 Å². The molecule has 1 aliphatic rings. The molecule has 3 N–H and O–H groups in total. The maximum Gasteiger partial charge on any atom is 0.240 e. The molecular formula is C20H34N4O4S. The van der Waals surface area contributed by atoms with Gasteiger partial charge in [0.25, 0.3) is 0 Å². The Morgan fingerprint density at radius 2 is 2.00 bits per heavy atom. The molecule has 9 heteroatoms. The van der Waals surface area contributed by atoms with E-state index in [-0.39, 0.29) is 16.6 Å². The molecule has 1 atom stereocenters. The SMILES string of the molecule is CCNC(=NCc1ccc(S(=O)(=O)NCC2CCCO2)cc1)NCC(C)(C)OC. The Balaban J connectivity index is 1.94. The molecule has 0 aromatic heterocycles. The summed E-state index contributed by atoms with van der Waals surface area (Å²) in [7, 11) is -1.86. The Bertz CT molecular complexity index is 757. The summed E-state index contributed by atoms with van der Waals surface area (Å²) in [6, 6.07) is 6.79. The molecule has 164 valence electrons. The quantitative estimate of drug-likeness (QED) is 0.388. The van der Waals surface area contributed by atoms with Crippen LogP contribution in [0.15, 0.2) is 34.2 Å². The number of methoxy groups -OCH3 is 1. The van der Waals surface area contributed by atoms with Crippen molar-refractivity contribution in [1.29, 1.82) is 0 Å². The first-order valence-corrected chi connectivity index (χ1v) is 11.5. The van der Waals surface area contributed by atoms with E-state index in [9.17, 15) is 8.42 Å². The van der Waals surface area contributed by atoms with Gasteiger partial charge in [0.05, 0.1) is 23.1 Å². The molecule has 2 rings (SSSR count). The van der Waals surface area contributed by atoms with Crippen molar-refractivity contribution >= 4 is 16.0 Å². The highest BCUT2D eigenvalue weighted by atomic mass is 32.2. The first kappa shape index (κ1) is 23.6. The van der Waals surface area contributed by atoms with Gasteiger partial charge in [-0.2, -0.15) is 0 Å². The summed E-state index contributed by atoms with van der Waals surface area (Å²) in [6.07, 6.45) is 1.84. The maximum atomic E-state index is 12.4. The van der Waals surface area contributed by atoms with Gasteiger partial charge in [-0.3, -0.25) is 0 Å². The molecule has 1 aromatic rings. The normalized spacial score (nSPS) is 18.1. The fourth-order valence-electron chi connectivity index (χ4n) is 2.75. The van der Waals surface area contributed by atoms with E-state index in [0.29, 0.717) is 32.2 Å². The largest absolute Gasteiger partial charge is 0.377 e. The molecule has 29 heavy (non-hydrogen) atoms. The number of sulfonamides is 1. The Morgan fingerprint density at radius 3 is 2.59 bits per heavy atom. The summed E-state index contributed by atoms with van der Waals surface area (Å²) in [4.78, 5) is 4.80. The van der Waals surface area contributed by atoms with Crippen LogP contribution in [0.25, 0.3) is 0 Å². The average molecular weight is 427 g/mol. The van der Waals surface area contributed by atoms with E-state index in [2.05, 4.69) is 20.3 Å². The predicted molar refractivity (Wildman–Crippen MR) is 115 cm³/mol. The van der Waals surface area contributed by atoms with Gasteiger partial charge < -0.3 is 20.1 Å². The van der Waals surface area contributed by atoms with Crippen LogP contribution in [-0.2, 0) is 26.0 Å². The van der Waals surface area contributed by atoms with Gasteiger partial charge in [-0.25, -0.2) is 18.1 Å². The zero-order chi connectivity index (χ0) is 21.3. The molecule has 1 aromatic carbocycles. The van der Waals surface area contributed by atoms with Gasteiger partial charge in [0.2, 0.25) is 10.0 Å². The topological polar surface area (TPSA) is 101 Å². The third-order valence-corrected chi connectivity index (χ3v) is 6.20. The number of nitrogens with one attached hydrogen (secondary N) is 3. The average Bonchev–Trinajstić information content (AvgIpc) is 3.23.